The Morgan fingerprint density at radius 3 is 2.75 bits per heavy atom. The molecule has 1 fully saturated rings. The molecule has 1 aromatic heterocycles. The SMILES string of the molecule is CC(N)=NCCC[C@H](NC(=O)CN1CCN(C)[C@H](CCC(O)O)C1=O)C(=O)c1nccs1. The van der Waals surface area contributed by atoms with Crippen molar-refractivity contribution < 1.29 is 24.6 Å². The number of nitrogens with two attached hydrogens (primary N) is 1. The van der Waals surface area contributed by atoms with Crippen LogP contribution in [-0.4, -0.2) is 100 Å². The molecule has 1 aliphatic heterocycles. The summed E-state index contributed by atoms with van der Waals surface area (Å²) in [5.74, 6) is -0.502. The summed E-state index contributed by atoms with van der Waals surface area (Å²) in [6.07, 6.45) is 1.31. The van der Waals surface area contributed by atoms with Gasteiger partial charge in [0.2, 0.25) is 17.6 Å². The van der Waals surface area contributed by atoms with Gasteiger partial charge in [-0.3, -0.25) is 24.3 Å². The molecule has 32 heavy (non-hydrogen) atoms. The van der Waals surface area contributed by atoms with Gasteiger partial charge in [0.05, 0.1) is 24.5 Å². The Kier molecular flexibility index (Phi) is 10.2. The van der Waals surface area contributed by atoms with Gasteiger partial charge in [-0.05, 0) is 39.7 Å². The number of aliphatic imine (C=N–C) groups is 1. The van der Waals surface area contributed by atoms with E-state index < -0.39 is 24.3 Å². The Morgan fingerprint density at radius 1 is 1.38 bits per heavy atom. The number of amides is 2. The average Bonchev–Trinajstić information content (AvgIpc) is 3.26. The number of carbonyl (C=O) groups is 3. The number of aromatic nitrogens is 1. The minimum Gasteiger partial charge on any atom is -0.388 e. The molecule has 0 aliphatic carbocycles. The second-order valence-electron chi connectivity index (χ2n) is 7.80. The van der Waals surface area contributed by atoms with Crippen LogP contribution in [0.1, 0.15) is 42.4 Å². The molecule has 0 bridgehead atoms. The molecule has 11 nitrogen and oxygen atoms in total. The Hall–Kier alpha value is -2.41. The van der Waals surface area contributed by atoms with Crippen molar-refractivity contribution in [3.05, 3.63) is 16.6 Å². The van der Waals surface area contributed by atoms with Crippen LogP contribution in [0.2, 0.25) is 0 Å². The minimum atomic E-state index is -1.49. The highest BCUT2D eigenvalue weighted by molar-refractivity contribution is 7.11. The van der Waals surface area contributed by atoms with Crippen LogP contribution < -0.4 is 11.1 Å². The Morgan fingerprint density at radius 2 is 2.12 bits per heavy atom. The highest BCUT2D eigenvalue weighted by Crippen LogP contribution is 2.16. The molecule has 0 spiro atoms. The fourth-order valence-corrected chi connectivity index (χ4v) is 4.11. The van der Waals surface area contributed by atoms with Gasteiger partial charge in [0.25, 0.3) is 0 Å². The fourth-order valence-electron chi connectivity index (χ4n) is 3.48. The topological polar surface area (TPSA) is 161 Å². The van der Waals surface area contributed by atoms with Gasteiger partial charge in [-0.1, -0.05) is 0 Å². The molecule has 2 heterocycles. The van der Waals surface area contributed by atoms with Crippen molar-refractivity contribution in [1.29, 1.82) is 0 Å². The third-order valence-corrected chi connectivity index (χ3v) is 5.98. The molecule has 178 valence electrons. The molecule has 0 aromatic carbocycles. The van der Waals surface area contributed by atoms with Crippen LogP contribution in [0, 0.1) is 0 Å². The van der Waals surface area contributed by atoms with E-state index in [1.54, 1.807) is 19.4 Å². The molecule has 2 rings (SSSR count). The first-order valence-electron chi connectivity index (χ1n) is 10.5. The molecule has 0 saturated carbocycles. The second kappa shape index (κ2) is 12.6. The van der Waals surface area contributed by atoms with Gasteiger partial charge in [0.15, 0.2) is 11.3 Å². The molecule has 1 aromatic rings. The van der Waals surface area contributed by atoms with Gasteiger partial charge < -0.3 is 26.2 Å². The zero-order chi connectivity index (χ0) is 23.7. The van der Waals surface area contributed by atoms with Crippen molar-refractivity contribution >= 4 is 34.8 Å². The number of carbonyl (C=O) groups excluding carboxylic acids is 3. The van der Waals surface area contributed by atoms with Gasteiger partial charge in [-0.2, -0.15) is 0 Å². The summed E-state index contributed by atoms with van der Waals surface area (Å²) >= 11 is 1.20. The molecular formula is C20H32N6O5S. The van der Waals surface area contributed by atoms with Crippen molar-refractivity contribution in [2.75, 3.05) is 33.2 Å². The summed E-state index contributed by atoms with van der Waals surface area (Å²) in [7, 11) is 1.79. The number of hydrogen-bond acceptors (Lipinski definition) is 9. The number of nitrogens with one attached hydrogen (secondary N) is 1. The third kappa shape index (κ3) is 7.93. The third-order valence-electron chi connectivity index (χ3n) is 5.19. The molecule has 12 heteroatoms. The molecule has 1 saturated heterocycles. The van der Waals surface area contributed by atoms with E-state index in [0.717, 1.165) is 0 Å². The van der Waals surface area contributed by atoms with Crippen LogP contribution in [0.3, 0.4) is 0 Å². The Balaban J connectivity index is 1.99. The number of rotatable bonds is 12. The van der Waals surface area contributed by atoms with Crippen molar-refractivity contribution in [3.63, 3.8) is 0 Å². The predicted octanol–water partition coefficient (Wildman–Crippen LogP) is -0.799. The Bertz CT molecular complexity index is 796. The number of hydrogen-bond donors (Lipinski definition) is 4. The minimum absolute atomic E-state index is 0.0654. The zero-order valence-electron chi connectivity index (χ0n) is 18.4. The number of likely N-dealkylation sites (N-methyl/N-ethyl adjacent to an activating group) is 1. The maximum Gasteiger partial charge on any atom is 0.240 e. The van der Waals surface area contributed by atoms with Gasteiger partial charge in [0.1, 0.15) is 0 Å². The van der Waals surface area contributed by atoms with Crippen molar-refractivity contribution in [3.8, 4) is 0 Å². The standard InChI is InChI=1S/C20H32N6O5S/c1-13(21)22-7-3-4-14(18(30)19-23-8-11-32-19)24-16(27)12-26-10-9-25(2)15(20(26)31)5-6-17(28)29/h8,11,14-15,17,28-29H,3-7,9-10,12H2,1-2H3,(H2,21,22)(H,24,27)/t14-,15+/m0/s1. The fraction of sp³-hybridized carbons (Fsp3) is 0.650. The number of Topliss-reactive ketones (excluding diaryl/α,β-unsaturated/α-hetero) is 1. The molecule has 2 amide bonds. The number of nitrogens with zero attached hydrogens (tertiary/aromatic N) is 4. The molecule has 2 atom stereocenters. The van der Waals surface area contributed by atoms with Gasteiger partial charge in [0, 0.05) is 31.2 Å². The lowest BCUT2D eigenvalue weighted by atomic mass is 10.1. The van der Waals surface area contributed by atoms with Gasteiger partial charge in [-0.15, -0.1) is 11.3 Å². The summed E-state index contributed by atoms with van der Waals surface area (Å²) in [6, 6.07) is -1.30. The van der Waals surface area contributed by atoms with Crippen LogP contribution >= 0.6 is 11.3 Å². The van der Waals surface area contributed by atoms with Gasteiger partial charge in [-0.25, -0.2) is 4.98 Å². The van der Waals surface area contributed by atoms with Crippen LogP contribution in [0.4, 0.5) is 0 Å². The molecular weight excluding hydrogens is 436 g/mol. The van der Waals surface area contributed by atoms with E-state index in [0.29, 0.717) is 43.3 Å². The number of aliphatic hydroxyl groups excluding tert-OH is 1. The summed E-state index contributed by atoms with van der Waals surface area (Å²) in [6.45, 7) is 2.88. The highest BCUT2D eigenvalue weighted by atomic mass is 32.1. The lowest BCUT2D eigenvalue weighted by Gasteiger charge is -2.38. The summed E-state index contributed by atoms with van der Waals surface area (Å²) in [4.78, 5) is 49.8. The lowest BCUT2D eigenvalue weighted by Crippen LogP contribution is -2.58. The normalized spacial score (nSPS) is 18.8. The summed E-state index contributed by atoms with van der Waals surface area (Å²) in [5.41, 5.74) is 5.54. The number of thiazole rings is 1. The predicted molar refractivity (Wildman–Crippen MR) is 120 cm³/mol. The first-order valence-corrected chi connectivity index (χ1v) is 11.4. The highest BCUT2D eigenvalue weighted by Gasteiger charge is 2.34. The van der Waals surface area contributed by atoms with E-state index in [9.17, 15) is 14.4 Å². The van der Waals surface area contributed by atoms with E-state index in [1.807, 2.05) is 4.90 Å². The first-order chi connectivity index (χ1) is 15.2. The lowest BCUT2D eigenvalue weighted by molar-refractivity contribution is -0.145. The largest absolute Gasteiger partial charge is 0.388 e. The second-order valence-corrected chi connectivity index (χ2v) is 8.70. The van der Waals surface area contributed by atoms with Crippen molar-refractivity contribution in [2.45, 2.75) is 51.0 Å². The number of amidine groups is 1. The van der Waals surface area contributed by atoms with E-state index in [4.69, 9.17) is 15.9 Å². The van der Waals surface area contributed by atoms with Gasteiger partial charge >= 0.3 is 0 Å². The molecule has 5 N–H and O–H groups in total. The average molecular weight is 469 g/mol. The first kappa shape index (κ1) is 25.8. The van der Waals surface area contributed by atoms with Crippen molar-refractivity contribution in [1.82, 2.24) is 20.1 Å². The number of piperazine rings is 1. The zero-order valence-corrected chi connectivity index (χ0v) is 19.3. The smallest absolute Gasteiger partial charge is 0.240 e. The van der Waals surface area contributed by atoms with Crippen LogP contribution in [-0.2, 0) is 9.59 Å². The summed E-state index contributed by atoms with van der Waals surface area (Å²) in [5, 5.41) is 23.0. The summed E-state index contributed by atoms with van der Waals surface area (Å²) < 4.78 is 0. The maximum atomic E-state index is 12.8. The van der Waals surface area contributed by atoms with Crippen LogP contribution in [0.25, 0.3) is 0 Å². The number of ketones is 1. The van der Waals surface area contributed by atoms with Crippen LogP contribution in [0.15, 0.2) is 16.6 Å². The monoisotopic (exact) mass is 468 g/mol. The molecule has 0 radical (unpaired) electrons. The van der Waals surface area contributed by atoms with Crippen LogP contribution in [0.5, 0.6) is 0 Å². The maximum absolute atomic E-state index is 12.8. The molecule has 1 aliphatic rings. The van der Waals surface area contributed by atoms with E-state index >= 15 is 0 Å². The van der Waals surface area contributed by atoms with E-state index in [1.165, 1.54) is 22.4 Å². The quantitative estimate of drug-likeness (QED) is 0.102. The molecule has 0 unspecified atom stereocenters. The number of aliphatic hydroxyl groups is 2. The Labute approximate surface area is 191 Å². The van der Waals surface area contributed by atoms with Crippen molar-refractivity contribution in [2.24, 2.45) is 10.7 Å². The van der Waals surface area contributed by atoms with E-state index in [-0.39, 0.29) is 31.1 Å². The van der Waals surface area contributed by atoms with E-state index in [2.05, 4.69) is 15.3 Å².